The SMILES string of the molecule is Cc1c[s+](C(=O)[O-])nn1. The van der Waals surface area contributed by atoms with Gasteiger partial charge in [0.25, 0.3) is 0 Å². The maximum absolute atomic E-state index is 10.1. The Morgan fingerprint density at radius 3 is 2.78 bits per heavy atom. The second-order valence-electron chi connectivity index (χ2n) is 1.51. The topological polar surface area (TPSA) is 65.9 Å². The first-order chi connectivity index (χ1) is 4.20. The lowest BCUT2D eigenvalue weighted by molar-refractivity contribution is -0.233. The van der Waals surface area contributed by atoms with Crippen LogP contribution in [-0.2, 0) is 0 Å². The van der Waals surface area contributed by atoms with Gasteiger partial charge >= 0.3 is 5.30 Å². The van der Waals surface area contributed by atoms with Gasteiger partial charge in [-0.1, -0.05) is 0 Å². The van der Waals surface area contributed by atoms with Gasteiger partial charge in [-0.25, -0.2) is 0 Å². The number of carbonyl (C=O) groups excluding carboxylic acids is 1. The predicted octanol–water partition coefficient (Wildman–Crippen LogP) is -0.274. The molecule has 0 amide bonds. The van der Waals surface area contributed by atoms with Crippen LogP contribution in [0.1, 0.15) is 5.69 Å². The van der Waals surface area contributed by atoms with E-state index in [2.05, 4.69) is 9.59 Å². The highest BCUT2D eigenvalue weighted by atomic mass is 32.2. The van der Waals surface area contributed by atoms with Gasteiger partial charge in [-0.2, -0.15) is 0 Å². The summed E-state index contributed by atoms with van der Waals surface area (Å²) in [4.78, 5) is 10.1. The third-order valence-electron chi connectivity index (χ3n) is 0.739. The van der Waals surface area contributed by atoms with Crippen molar-refractivity contribution in [3.05, 3.63) is 11.1 Å². The molecule has 0 N–H and O–H groups in total. The van der Waals surface area contributed by atoms with E-state index in [1.165, 1.54) is 5.38 Å². The maximum Gasteiger partial charge on any atom is 0.327 e. The Bertz CT molecular complexity index is 232. The van der Waals surface area contributed by atoms with Gasteiger partial charge in [0.1, 0.15) is 5.69 Å². The zero-order valence-corrected chi connectivity index (χ0v) is 5.51. The van der Waals surface area contributed by atoms with E-state index in [0.717, 1.165) is 0 Å². The van der Waals surface area contributed by atoms with E-state index in [0.29, 0.717) is 5.69 Å². The Morgan fingerprint density at radius 2 is 2.56 bits per heavy atom. The van der Waals surface area contributed by atoms with Crippen molar-refractivity contribution in [3.63, 3.8) is 0 Å². The van der Waals surface area contributed by atoms with E-state index in [1.54, 1.807) is 6.92 Å². The lowest BCUT2D eigenvalue weighted by Crippen LogP contribution is -2.16. The molecular weight excluding hydrogens is 140 g/mol. The number of hydrogen-bond acceptors (Lipinski definition) is 4. The molecule has 0 radical (unpaired) electrons. The van der Waals surface area contributed by atoms with Crippen LogP contribution in [0.15, 0.2) is 5.38 Å². The minimum atomic E-state index is -1.17. The van der Waals surface area contributed by atoms with Gasteiger partial charge in [0, 0.05) is 0 Å². The van der Waals surface area contributed by atoms with Crippen LogP contribution >= 0.6 is 10.7 Å². The standard InChI is InChI=1S/C4H4N2O2S/c1-3-2-9(4(7)8)6-5-3/h2H,1H3. The van der Waals surface area contributed by atoms with Crippen LogP contribution in [0.4, 0.5) is 4.79 Å². The molecule has 0 aliphatic heterocycles. The van der Waals surface area contributed by atoms with Gasteiger partial charge < -0.3 is 9.90 Å². The highest BCUT2D eigenvalue weighted by molar-refractivity contribution is 7.44. The van der Waals surface area contributed by atoms with Gasteiger partial charge in [-0.3, -0.25) is 0 Å². The van der Waals surface area contributed by atoms with Gasteiger partial charge in [0.2, 0.25) is 0 Å². The van der Waals surface area contributed by atoms with Crippen LogP contribution < -0.4 is 5.11 Å². The van der Waals surface area contributed by atoms with Crippen molar-refractivity contribution in [1.82, 2.24) is 9.59 Å². The smallest absolute Gasteiger partial charge is 0.327 e. The van der Waals surface area contributed by atoms with Gasteiger partial charge in [-0.05, 0) is 6.92 Å². The summed E-state index contributed by atoms with van der Waals surface area (Å²) in [7, 11) is -1.11. The highest BCUT2D eigenvalue weighted by Gasteiger charge is 2.09. The number of carbonyl (C=O) groups is 1. The molecule has 0 saturated heterocycles. The van der Waals surface area contributed by atoms with Crippen molar-refractivity contribution in [3.8, 4) is 0 Å². The molecule has 1 unspecified atom stereocenters. The molecule has 1 rings (SSSR count). The minimum Gasteiger partial charge on any atom is -0.498 e. The zero-order chi connectivity index (χ0) is 6.85. The summed E-state index contributed by atoms with van der Waals surface area (Å²) in [6, 6.07) is 0. The molecule has 1 atom stereocenters. The molecule has 1 aromatic rings. The van der Waals surface area contributed by atoms with Crippen molar-refractivity contribution in [2.24, 2.45) is 0 Å². The van der Waals surface area contributed by atoms with Crippen LogP contribution in [0.2, 0.25) is 0 Å². The molecule has 0 saturated carbocycles. The molecule has 1 aromatic heterocycles. The normalized spacial score (nSPS) is 11.4. The van der Waals surface area contributed by atoms with Crippen LogP contribution in [-0.4, -0.2) is 14.9 Å². The molecule has 4 nitrogen and oxygen atoms in total. The summed E-state index contributed by atoms with van der Waals surface area (Å²) < 4.78 is 3.41. The lowest BCUT2D eigenvalue weighted by Gasteiger charge is -1.76. The molecule has 0 aliphatic rings. The molecule has 48 valence electrons. The molecule has 0 aromatic carbocycles. The van der Waals surface area contributed by atoms with Gasteiger partial charge in [-0.15, -0.1) is 5.10 Å². The number of rotatable bonds is 1. The summed E-state index contributed by atoms with van der Waals surface area (Å²) in [6.45, 7) is 1.69. The molecule has 5 heteroatoms. The van der Waals surface area contributed by atoms with E-state index in [1.807, 2.05) is 0 Å². The van der Waals surface area contributed by atoms with E-state index in [-0.39, 0.29) is 0 Å². The summed E-state index contributed by atoms with van der Waals surface area (Å²) in [5.74, 6) is 0. The molecule has 1 heterocycles. The monoisotopic (exact) mass is 144 g/mol. The average Bonchev–Trinajstić information content (AvgIpc) is 2.14. The number of aromatic nitrogens is 2. The Labute approximate surface area is 54.3 Å². The summed E-state index contributed by atoms with van der Waals surface area (Å²) in [5, 5.41) is 13.9. The lowest BCUT2D eigenvalue weighted by atomic mass is 10.6. The molecular formula is C4H4N2O2S. The first kappa shape index (κ1) is 6.15. The minimum absolute atomic E-state index is 0.641. The number of hydrogen-bond donors (Lipinski definition) is 0. The van der Waals surface area contributed by atoms with Crippen molar-refractivity contribution in [1.29, 1.82) is 0 Å². The van der Waals surface area contributed by atoms with Crippen molar-refractivity contribution < 1.29 is 9.90 Å². The third kappa shape index (κ3) is 1.23. The van der Waals surface area contributed by atoms with Crippen molar-refractivity contribution in [2.75, 3.05) is 0 Å². The highest BCUT2D eigenvalue weighted by Crippen LogP contribution is 2.10. The first-order valence-electron chi connectivity index (χ1n) is 2.24. The van der Waals surface area contributed by atoms with Gasteiger partial charge in [0.05, 0.1) is 4.49 Å². The summed E-state index contributed by atoms with van der Waals surface area (Å²) in [6.07, 6.45) is 0. The van der Waals surface area contributed by atoms with E-state index in [4.69, 9.17) is 0 Å². The molecule has 0 aliphatic carbocycles. The summed E-state index contributed by atoms with van der Waals surface area (Å²) >= 11 is 0. The number of nitrogens with zero attached hydrogens (tertiary/aromatic N) is 2. The Morgan fingerprint density at radius 1 is 1.89 bits per heavy atom. The molecule has 0 fully saturated rings. The second kappa shape index (κ2) is 2.10. The fourth-order valence-corrected chi connectivity index (χ4v) is 1.20. The van der Waals surface area contributed by atoms with Crippen LogP contribution in [0.25, 0.3) is 0 Å². The third-order valence-corrected chi connectivity index (χ3v) is 1.90. The Hall–Kier alpha value is -0.970. The van der Waals surface area contributed by atoms with E-state index >= 15 is 0 Å². The fourth-order valence-electron chi connectivity index (χ4n) is 0.399. The Kier molecular flexibility index (Phi) is 1.44. The van der Waals surface area contributed by atoms with E-state index < -0.39 is 16.0 Å². The second-order valence-corrected chi connectivity index (χ2v) is 2.87. The Balaban J connectivity index is 2.98. The maximum atomic E-state index is 10.1. The van der Waals surface area contributed by atoms with Crippen LogP contribution in [0.5, 0.6) is 0 Å². The van der Waals surface area contributed by atoms with Crippen molar-refractivity contribution >= 4 is 16.0 Å². The molecule has 0 bridgehead atoms. The van der Waals surface area contributed by atoms with Gasteiger partial charge in [0.15, 0.2) is 16.0 Å². The number of aryl methyl sites for hydroxylation is 1. The molecule has 0 spiro atoms. The largest absolute Gasteiger partial charge is 0.498 e. The fraction of sp³-hybridized carbons (Fsp3) is 0.250. The first-order valence-corrected chi connectivity index (χ1v) is 3.49. The van der Waals surface area contributed by atoms with E-state index in [9.17, 15) is 9.90 Å². The zero-order valence-electron chi connectivity index (χ0n) is 4.70. The molecule has 9 heavy (non-hydrogen) atoms. The van der Waals surface area contributed by atoms with Crippen LogP contribution in [0.3, 0.4) is 0 Å². The quantitative estimate of drug-likeness (QED) is 0.509. The van der Waals surface area contributed by atoms with Crippen LogP contribution in [0, 0.1) is 6.92 Å². The van der Waals surface area contributed by atoms with Crippen molar-refractivity contribution in [2.45, 2.75) is 6.92 Å². The number of carboxylic acid groups (broad SMARTS) is 1. The predicted molar refractivity (Wildman–Crippen MR) is 30.0 cm³/mol. The average molecular weight is 144 g/mol. The summed E-state index contributed by atoms with van der Waals surface area (Å²) in [5.41, 5.74) is 0.641.